The van der Waals surface area contributed by atoms with Gasteiger partial charge < -0.3 is 9.84 Å². The van der Waals surface area contributed by atoms with Gasteiger partial charge in [0.1, 0.15) is 5.75 Å². The Bertz CT molecular complexity index is 635. The van der Waals surface area contributed by atoms with E-state index in [2.05, 4.69) is 13.8 Å². The molecule has 0 aliphatic carbocycles. The lowest BCUT2D eigenvalue weighted by molar-refractivity contribution is 0.0697. The molecule has 136 valence electrons. The van der Waals surface area contributed by atoms with Crippen molar-refractivity contribution in [1.29, 1.82) is 0 Å². The molecule has 0 fully saturated rings. The molecule has 0 saturated carbocycles. The highest BCUT2D eigenvalue weighted by molar-refractivity contribution is 5.88. The van der Waals surface area contributed by atoms with Crippen molar-refractivity contribution in [3.8, 4) is 16.9 Å². The topological polar surface area (TPSA) is 46.5 Å². The summed E-state index contributed by atoms with van der Waals surface area (Å²) in [5.74, 6) is -0.0258. The molecule has 25 heavy (non-hydrogen) atoms. The molecule has 0 saturated heterocycles. The van der Waals surface area contributed by atoms with E-state index >= 15 is 0 Å². The number of unbranched alkanes of at least 4 members (excludes halogenated alkanes) is 3. The van der Waals surface area contributed by atoms with Gasteiger partial charge in [0.25, 0.3) is 0 Å². The van der Waals surface area contributed by atoms with Crippen LogP contribution in [0.3, 0.4) is 0 Å². The van der Waals surface area contributed by atoms with Gasteiger partial charge >= 0.3 is 5.97 Å². The molecule has 0 radical (unpaired) electrons. The zero-order valence-electron chi connectivity index (χ0n) is 14.9. The summed E-state index contributed by atoms with van der Waals surface area (Å²) in [6, 6.07) is 14.9. The van der Waals surface area contributed by atoms with Gasteiger partial charge in [-0.1, -0.05) is 50.5 Å². The van der Waals surface area contributed by atoms with E-state index in [9.17, 15) is 4.79 Å². The average Bonchev–Trinajstić information content (AvgIpc) is 2.59. The summed E-state index contributed by atoms with van der Waals surface area (Å²) in [7, 11) is 0. The van der Waals surface area contributed by atoms with Crippen molar-refractivity contribution in [2.45, 2.75) is 52.1 Å². The lowest BCUT2D eigenvalue weighted by Gasteiger charge is -2.15. The van der Waals surface area contributed by atoms with Crippen molar-refractivity contribution in [3.05, 3.63) is 54.1 Å². The van der Waals surface area contributed by atoms with Crippen LogP contribution in [0.5, 0.6) is 5.75 Å². The minimum atomic E-state index is -0.904. The maximum absolute atomic E-state index is 10.9. The van der Waals surface area contributed by atoms with E-state index in [0.717, 1.165) is 23.3 Å². The maximum atomic E-state index is 10.9. The molecule has 1 unspecified atom stereocenters. The van der Waals surface area contributed by atoms with Crippen LogP contribution in [0.2, 0.25) is 0 Å². The highest BCUT2D eigenvalue weighted by Gasteiger charge is 2.06. The number of hydrogen-bond donors (Lipinski definition) is 1. The summed E-state index contributed by atoms with van der Waals surface area (Å²) in [4.78, 5) is 10.9. The Hall–Kier alpha value is -2.00. The van der Waals surface area contributed by atoms with Crippen LogP contribution in [0.1, 0.15) is 56.3 Å². The first kappa shape index (κ1) is 21.0. The number of benzene rings is 2. The molecule has 2 rings (SSSR count). The molecular formula is C21H27ClO3. The SMILES string of the molecule is CCCCCCC(C)Oc1ccc(-c2ccc(C(=O)O)cc2)cc1.Cl. The number of carboxylic acid groups (broad SMARTS) is 1. The van der Waals surface area contributed by atoms with E-state index < -0.39 is 5.97 Å². The lowest BCUT2D eigenvalue weighted by atomic mass is 10.0. The number of rotatable bonds is 9. The minimum absolute atomic E-state index is 0. The average molecular weight is 363 g/mol. The molecule has 0 aliphatic heterocycles. The number of carbonyl (C=O) groups is 1. The maximum Gasteiger partial charge on any atom is 0.335 e. The number of hydrogen-bond acceptors (Lipinski definition) is 2. The summed E-state index contributed by atoms with van der Waals surface area (Å²) in [6.07, 6.45) is 6.34. The molecule has 1 N–H and O–H groups in total. The third-order valence-electron chi connectivity index (χ3n) is 4.12. The van der Waals surface area contributed by atoms with Gasteiger partial charge in [0, 0.05) is 0 Å². The number of carboxylic acids is 1. The first-order valence-electron chi connectivity index (χ1n) is 8.70. The summed E-state index contributed by atoms with van der Waals surface area (Å²) < 4.78 is 5.96. The molecule has 0 spiro atoms. The van der Waals surface area contributed by atoms with Crippen LogP contribution in [0.15, 0.2) is 48.5 Å². The van der Waals surface area contributed by atoms with Crippen LogP contribution in [-0.2, 0) is 0 Å². The molecule has 0 aliphatic rings. The van der Waals surface area contributed by atoms with E-state index in [0.29, 0.717) is 5.56 Å². The van der Waals surface area contributed by atoms with Gasteiger partial charge in [-0.2, -0.15) is 0 Å². The lowest BCUT2D eigenvalue weighted by Crippen LogP contribution is -2.11. The van der Waals surface area contributed by atoms with Gasteiger partial charge in [0.05, 0.1) is 11.7 Å². The van der Waals surface area contributed by atoms with Crippen molar-refractivity contribution in [3.63, 3.8) is 0 Å². The Morgan fingerprint density at radius 2 is 1.52 bits per heavy atom. The fraction of sp³-hybridized carbons (Fsp3) is 0.381. The second-order valence-electron chi connectivity index (χ2n) is 6.18. The fourth-order valence-corrected chi connectivity index (χ4v) is 2.68. The molecule has 0 bridgehead atoms. The predicted molar refractivity (Wildman–Crippen MR) is 105 cm³/mol. The Kier molecular flexibility index (Phi) is 9.07. The van der Waals surface area contributed by atoms with E-state index in [1.165, 1.54) is 25.7 Å². The highest BCUT2D eigenvalue weighted by atomic mass is 35.5. The van der Waals surface area contributed by atoms with E-state index in [-0.39, 0.29) is 18.5 Å². The molecule has 3 nitrogen and oxygen atoms in total. The van der Waals surface area contributed by atoms with Crippen molar-refractivity contribution in [1.82, 2.24) is 0 Å². The molecule has 1 atom stereocenters. The summed E-state index contributed by atoms with van der Waals surface area (Å²) in [6.45, 7) is 4.33. The second-order valence-corrected chi connectivity index (χ2v) is 6.18. The molecule has 2 aromatic carbocycles. The van der Waals surface area contributed by atoms with Gasteiger partial charge in [-0.25, -0.2) is 4.79 Å². The molecular weight excluding hydrogens is 336 g/mol. The third kappa shape index (κ3) is 6.79. The van der Waals surface area contributed by atoms with Gasteiger partial charge in [-0.05, 0) is 55.2 Å². The largest absolute Gasteiger partial charge is 0.491 e. The van der Waals surface area contributed by atoms with Gasteiger partial charge in [0.2, 0.25) is 0 Å². The minimum Gasteiger partial charge on any atom is -0.491 e. The predicted octanol–water partition coefficient (Wildman–Crippen LogP) is 6.21. The first-order chi connectivity index (χ1) is 11.6. The Morgan fingerprint density at radius 3 is 2.04 bits per heavy atom. The fourth-order valence-electron chi connectivity index (χ4n) is 2.68. The number of aromatic carboxylic acids is 1. The zero-order chi connectivity index (χ0) is 17.4. The van der Waals surface area contributed by atoms with Crippen LogP contribution < -0.4 is 4.74 Å². The van der Waals surface area contributed by atoms with Crippen LogP contribution in [0.25, 0.3) is 11.1 Å². The highest BCUT2D eigenvalue weighted by Crippen LogP contribution is 2.24. The second kappa shape index (κ2) is 10.8. The van der Waals surface area contributed by atoms with Crippen LogP contribution in [0.4, 0.5) is 0 Å². The molecule has 4 heteroatoms. The van der Waals surface area contributed by atoms with Crippen LogP contribution in [-0.4, -0.2) is 17.2 Å². The van der Waals surface area contributed by atoms with Crippen molar-refractivity contribution < 1.29 is 14.6 Å². The van der Waals surface area contributed by atoms with Crippen molar-refractivity contribution >= 4 is 18.4 Å². The smallest absolute Gasteiger partial charge is 0.335 e. The van der Waals surface area contributed by atoms with Crippen LogP contribution >= 0.6 is 12.4 Å². The Morgan fingerprint density at radius 1 is 0.960 bits per heavy atom. The summed E-state index contributed by atoms with van der Waals surface area (Å²) >= 11 is 0. The molecule has 0 amide bonds. The standard InChI is InChI=1S/C21H26O3.ClH/c1-3-4-5-6-7-16(2)24-20-14-12-18(13-15-20)17-8-10-19(11-9-17)21(22)23;/h8-16H,3-7H2,1-2H3,(H,22,23);1H. The van der Waals surface area contributed by atoms with Gasteiger partial charge in [-0.15, -0.1) is 12.4 Å². The van der Waals surface area contributed by atoms with Crippen LogP contribution in [0, 0.1) is 0 Å². The zero-order valence-corrected chi connectivity index (χ0v) is 15.7. The number of ether oxygens (including phenoxy) is 1. The molecule has 2 aromatic rings. The monoisotopic (exact) mass is 362 g/mol. The number of halogens is 1. The van der Waals surface area contributed by atoms with E-state index in [1.54, 1.807) is 12.1 Å². The summed E-state index contributed by atoms with van der Waals surface area (Å²) in [5.41, 5.74) is 2.35. The Balaban J connectivity index is 0.00000312. The molecule has 0 heterocycles. The quantitative estimate of drug-likeness (QED) is 0.539. The van der Waals surface area contributed by atoms with Gasteiger partial charge in [-0.3, -0.25) is 0 Å². The molecule has 0 aromatic heterocycles. The van der Waals surface area contributed by atoms with E-state index in [4.69, 9.17) is 9.84 Å². The normalized spacial score (nSPS) is 11.4. The Labute approximate surface area is 156 Å². The van der Waals surface area contributed by atoms with Crippen molar-refractivity contribution in [2.24, 2.45) is 0 Å². The van der Waals surface area contributed by atoms with Crippen molar-refractivity contribution in [2.75, 3.05) is 0 Å². The van der Waals surface area contributed by atoms with E-state index in [1.807, 2.05) is 36.4 Å². The first-order valence-corrected chi connectivity index (χ1v) is 8.70. The third-order valence-corrected chi connectivity index (χ3v) is 4.12. The summed E-state index contributed by atoms with van der Waals surface area (Å²) in [5, 5.41) is 8.94. The van der Waals surface area contributed by atoms with Gasteiger partial charge in [0.15, 0.2) is 0 Å².